The smallest absolute Gasteiger partial charge is 0.258 e. The van der Waals surface area contributed by atoms with Crippen molar-refractivity contribution in [1.29, 1.82) is 0 Å². The van der Waals surface area contributed by atoms with Gasteiger partial charge >= 0.3 is 0 Å². The van der Waals surface area contributed by atoms with E-state index in [0.29, 0.717) is 12.2 Å². The Balaban J connectivity index is 2.42. The van der Waals surface area contributed by atoms with Crippen molar-refractivity contribution >= 4 is 17.3 Å². The molecule has 0 aliphatic carbocycles. The zero-order valence-electron chi connectivity index (χ0n) is 12.2. The minimum absolute atomic E-state index is 0.0351. The molecule has 3 nitrogen and oxygen atoms in total. The molecule has 0 fully saturated rings. The quantitative estimate of drug-likeness (QED) is 0.865. The molecule has 20 heavy (non-hydrogen) atoms. The molecule has 0 radical (unpaired) electrons. The molecule has 0 saturated carbocycles. The van der Waals surface area contributed by atoms with Crippen molar-refractivity contribution in [1.82, 2.24) is 0 Å². The number of benzene rings is 2. The molecule has 2 N–H and O–H groups in total. The molecule has 2 rings (SSSR count). The first-order valence-electron chi connectivity index (χ1n) is 6.78. The van der Waals surface area contributed by atoms with Crippen molar-refractivity contribution in [2.45, 2.75) is 20.8 Å². The molecule has 0 aliphatic rings. The van der Waals surface area contributed by atoms with Crippen molar-refractivity contribution < 1.29 is 4.79 Å². The van der Waals surface area contributed by atoms with Gasteiger partial charge in [0.25, 0.3) is 5.91 Å². The number of carbonyl (C=O) groups is 1. The van der Waals surface area contributed by atoms with E-state index >= 15 is 0 Å². The van der Waals surface area contributed by atoms with E-state index in [2.05, 4.69) is 0 Å². The molecule has 0 saturated heterocycles. The second kappa shape index (κ2) is 5.78. The van der Waals surface area contributed by atoms with Crippen LogP contribution in [0.15, 0.2) is 42.5 Å². The zero-order valence-corrected chi connectivity index (χ0v) is 12.2. The van der Waals surface area contributed by atoms with Crippen molar-refractivity contribution in [3.05, 3.63) is 59.2 Å². The first kappa shape index (κ1) is 14.1. The van der Waals surface area contributed by atoms with Gasteiger partial charge < -0.3 is 10.6 Å². The fourth-order valence-corrected chi connectivity index (χ4v) is 2.38. The minimum atomic E-state index is 0.0351. The Bertz CT molecular complexity index is 597. The van der Waals surface area contributed by atoms with E-state index in [9.17, 15) is 4.79 Å². The molecule has 0 atom stereocenters. The Hall–Kier alpha value is -2.29. The molecule has 0 spiro atoms. The van der Waals surface area contributed by atoms with Gasteiger partial charge in [0.15, 0.2) is 0 Å². The van der Waals surface area contributed by atoms with E-state index in [4.69, 9.17) is 5.73 Å². The third-order valence-electron chi connectivity index (χ3n) is 3.46. The van der Waals surface area contributed by atoms with Gasteiger partial charge in [-0.2, -0.15) is 0 Å². The van der Waals surface area contributed by atoms with E-state index in [1.165, 1.54) is 0 Å². The monoisotopic (exact) mass is 268 g/mol. The third-order valence-corrected chi connectivity index (χ3v) is 3.46. The van der Waals surface area contributed by atoms with Gasteiger partial charge in [-0.3, -0.25) is 4.79 Å². The van der Waals surface area contributed by atoms with Gasteiger partial charge in [-0.05, 0) is 56.2 Å². The molecule has 0 heterocycles. The number of aryl methyl sites for hydroxylation is 2. The maximum Gasteiger partial charge on any atom is 0.258 e. The molecule has 0 aliphatic heterocycles. The molecule has 0 unspecified atom stereocenters. The summed E-state index contributed by atoms with van der Waals surface area (Å²) >= 11 is 0. The van der Waals surface area contributed by atoms with Gasteiger partial charge in [0.1, 0.15) is 0 Å². The van der Waals surface area contributed by atoms with E-state index in [0.717, 1.165) is 22.4 Å². The average Bonchev–Trinajstić information content (AvgIpc) is 2.41. The first-order valence-corrected chi connectivity index (χ1v) is 6.78. The summed E-state index contributed by atoms with van der Waals surface area (Å²) in [6.07, 6.45) is 0. The van der Waals surface area contributed by atoms with Crippen molar-refractivity contribution in [2.75, 3.05) is 17.2 Å². The summed E-state index contributed by atoms with van der Waals surface area (Å²) in [4.78, 5) is 14.6. The lowest BCUT2D eigenvalue weighted by Crippen LogP contribution is -2.31. The van der Waals surface area contributed by atoms with E-state index in [1.54, 1.807) is 4.90 Å². The number of nitrogen functional groups attached to an aromatic ring is 1. The highest BCUT2D eigenvalue weighted by Crippen LogP contribution is 2.22. The van der Waals surface area contributed by atoms with Gasteiger partial charge in [-0.15, -0.1) is 0 Å². The van der Waals surface area contributed by atoms with Gasteiger partial charge in [0.05, 0.1) is 0 Å². The SMILES string of the molecule is CCN(C(=O)c1c(C)cccc1C)c1ccc(N)cc1. The number of nitrogens with zero attached hydrogens (tertiary/aromatic N) is 1. The summed E-state index contributed by atoms with van der Waals surface area (Å²) in [5.74, 6) is 0.0351. The Labute approximate surface area is 120 Å². The summed E-state index contributed by atoms with van der Waals surface area (Å²) in [5.41, 5.74) is 10.1. The van der Waals surface area contributed by atoms with Crippen LogP contribution in [0.4, 0.5) is 11.4 Å². The number of anilines is 2. The number of nitrogens with two attached hydrogens (primary N) is 1. The molecule has 0 aromatic heterocycles. The normalized spacial score (nSPS) is 10.3. The maximum absolute atomic E-state index is 12.8. The fourth-order valence-electron chi connectivity index (χ4n) is 2.38. The van der Waals surface area contributed by atoms with Crippen LogP contribution in [0.25, 0.3) is 0 Å². The van der Waals surface area contributed by atoms with Crippen molar-refractivity contribution in [3.63, 3.8) is 0 Å². The largest absolute Gasteiger partial charge is 0.399 e. The molecular weight excluding hydrogens is 248 g/mol. The first-order chi connectivity index (χ1) is 9.54. The Morgan fingerprint density at radius 2 is 1.60 bits per heavy atom. The van der Waals surface area contributed by atoms with E-state index in [-0.39, 0.29) is 5.91 Å². The molecule has 2 aromatic carbocycles. The summed E-state index contributed by atoms with van der Waals surface area (Å²) in [5, 5.41) is 0. The predicted molar refractivity (Wildman–Crippen MR) is 84.1 cm³/mol. The number of carbonyl (C=O) groups excluding carboxylic acids is 1. The lowest BCUT2D eigenvalue weighted by Gasteiger charge is -2.23. The van der Waals surface area contributed by atoms with E-state index < -0.39 is 0 Å². The van der Waals surface area contributed by atoms with Crippen LogP contribution in [0, 0.1) is 13.8 Å². The van der Waals surface area contributed by atoms with Crippen molar-refractivity contribution in [3.8, 4) is 0 Å². The van der Waals surface area contributed by atoms with Crippen LogP contribution < -0.4 is 10.6 Å². The highest BCUT2D eigenvalue weighted by Gasteiger charge is 2.19. The molecule has 3 heteroatoms. The highest BCUT2D eigenvalue weighted by atomic mass is 16.2. The highest BCUT2D eigenvalue weighted by molar-refractivity contribution is 6.08. The van der Waals surface area contributed by atoms with Gasteiger partial charge in [0.2, 0.25) is 0 Å². The average molecular weight is 268 g/mol. The zero-order chi connectivity index (χ0) is 14.7. The van der Waals surface area contributed by atoms with Crippen LogP contribution >= 0.6 is 0 Å². The maximum atomic E-state index is 12.8. The number of hydrogen-bond donors (Lipinski definition) is 1. The number of amides is 1. The minimum Gasteiger partial charge on any atom is -0.399 e. The van der Waals surface area contributed by atoms with Gasteiger partial charge in [0, 0.05) is 23.5 Å². The summed E-state index contributed by atoms with van der Waals surface area (Å²) in [6.45, 7) is 6.53. The van der Waals surface area contributed by atoms with Crippen LogP contribution in [-0.4, -0.2) is 12.5 Å². The molecule has 1 amide bonds. The molecule has 0 bridgehead atoms. The Morgan fingerprint density at radius 3 is 2.10 bits per heavy atom. The van der Waals surface area contributed by atoms with Crippen molar-refractivity contribution in [2.24, 2.45) is 0 Å². The lowest BCUT2D eigenvalue weighted by molar-refractivity contribution is 0.0987. The Kier molecular flexibility index (Phi) is 4.08. The molecular formula is C17H20N2O. The van der Waals surface area contributed by atoms with Crippen LogP contribution in [0.1, 0.15) is 28.4 Å². The number of hydrogen-bond acceptors (Lipinski definition) is 2. The lowest BCUT2D eigenvalue weighted by atomic mass is 10.0. The summed E-state index contributed by atoms with van der Waals surface area (Å²) in [7, 11) is 0. The number of rotatable bonds is 3. The van der Waals surface area contributed by atoms with Crippen LogP contribution in [0.3, 0.4) is 0 Å². The third kappa shape index (κ3) is 2.67. The van der Waals surface area contributed by atoms with Gasteiger partial charge in [-0.1, -0.05) is 18.2 Å². The predicted octanol–water partition coefficient (Wildman–Crippen LogP) is 3.55. The summed E-state index contributed by atoms with van der Waals surface area (Å²) < 4.78 is 0. The second-order valence-electron chi connectivity index (χ2n) is 4.91. The summed E-state index contributed by atoms with van der Waals surface area (Å²) in [6, 6.07) is 13.3. The van der Waals surface area contributed by atoms with Crippen LogP contribution in [0.2, 0.25) is 0 Å². The standard InChI is InChI=1S/C17H20N2O/c1-4-19(15-10-8-14(18)9-11-15)17(20)16-12(2)6-5-7-13(16)3/h5-11H,4,18H2,1-3H3. The Morgan fingerprint density at radius 1 is 1.05 bits per heavy atom. The van der Waals surface area contributed by atoms with Crippen LogP contribution in [-0.2, 0) is 0 Å². The topological polar surface area (TPSA) is 46.3 Å². The fraction of sp³-hybridized carbons (Fsp3) is 0.235. The van der Waals surface area contributed by atoms with E-state index in [1.807, 2.05) is 63.2 Å². The molecule has 104 valence electrons. The molecule has 2 aromatic rings. The van der Waals surface area contributed by atoms with Crippen LogP contribution in [0.5, 0.6) is 0 Å². The van der Waals surface area contributed by atoms with Gasteiger partial charge in [-0.25, -0.2) is 0 Å². The second-order valence-corrected chi connectivity index (χ2v) is 4.91.